The molecule has 0 bridgehead atoms. The van der Waals surface area contributed by atoms with Gasteiger partial charge >= 0.3 is 5.97 Å². The minimum Gasteiger partial charge on any atom is -0.466 e. The van der Waals surface area contributed by atoms with Crippen LogP contribution in [-0.2, 0) is 14.3 Å². The Balaban J connectivity index is 3.28. The van der Waals surface area contributed by atoms with E-state index >= 15 is 0 Å². The summed E-state index contributed by atoms with van der Waals surface area (Å²) in [4.78, 5) is 24.5. The number of hydrogen-bond acceptors (Lipinski definition) is 5. The lowest BCUT2D eigenvalue weighted by molar-refractivity contribution is -0.143. The number of amides is 1. The Morgan fingerprint density at radius 2 is 0.547 bits per heavy atom. The third kappa shape index (κ3) is 61.9. The molecule has 0 heterocycles. The highest BCUT2D eigenvalue weighted by Gasteiger charge is 2.20. The fourth-order valence-corrected chi connectivity index (χ4v) is 11.4. The molecule has 0 spiro atoms. The molecule has 75 heavy (non-hydrogen) atoms. The number of aliphatic hydroxyl groups is 2. The van der Waals surface area contributed by atoms with Crippen molar-refractivity contribution in [2.75, 3.05) is 13.2 Å². The largest absolute Gasteiger partial charge is 0.466 e. The van der Waals surface area contributed by atoms with Crippen LogP contribution >= 0.6 is 0 Å². The van der Waals surface area contributed by atoms with Gasteiger partial charge in [-0.3, -0.25) is 9.59 Å². The lowest BCUT2D eigenvalue weighted by Crippen LogP contribution is -2.45. The zero-order valence-corrected chi connectivity index (χ0v) is 51.3. The first-order valence-electron chi connectivity index (χ1n) is 34.8. The number of nitrogens with one attached hydrogen (secondary N) is 1. The van der Waals surface area contributed by atoms with Gasteiger partial charge < -0.3 is 20.3 Å². The third-order valence-electron chi connectivity index (χ3n) is 16.7. The Hall–Kier alpha value is -1.14. The van der Waals surface area contributed by atoms with Crippen LogP contribution < -0.4 is 5.32 Å². The molecule has 3 N–H and O–H groups in total. The van der Waals surface area contributed by atoms with Crippen LogP contribution in [0.1, 0.15) is 406 Å². The van der Waals surface area contributed by atoms with Crippen LogP contribution in [0.4, 0.5) is 0 Å². The summed E-state index contributed by atoms with van der Waals surface area (Å²) in [5.74, 6) is -0.00373. The predicted octanol–water partition coefficient (Wildman–Crippen LogP) is 22.2. The van der Waals surface area contributed by atoms with E-state index in [1.807, 2.05) is 0 Å². The molecule has 0 aliphatic carbocycles. The van der Waals surface area contributed by atoms with E-state index in [1.165, 1.54) is 334 Å². The van der Waals surface area contributed by atoms with Crippen LogP contribution in [-0.4, -0.2) is 47.4 Å². The Bertz CT molecular complexity index is 1080. The van der Waals surface area contributed by atoms with Crippen molar-refractivity contribution in [2.45, 2.75) is 418 Å². The van der Waals surface area contributed by atoms with E-state index in [9.17, 15) is 19.8 Å². The highest BCUT2D eigenvalue weighted by Crippen LogP contribution is 2.19. The van der Waals surface area contributed by atoms with Crippen molar-refractivity contribution < 1.29 is 24.5 Å². The SMILES string of the molecule is CCCCCCCCCCCCCCCC(=O)OCCCCCCCCCCCCCCCCCCCCCCCCCCCCCCCCCCCC(=O)NC(CO)C(O)CCCCCCCCCCCCCC. The molecule has 0 aromatic heterocycles. The average molecular weight is 1060 g/mol. The molecule has 0 fully saturated rings. The van der Waals surface area contributed by atoms with Crippen molar-refractivity contribution in [1.29, 1.82) is 0 Å². The number of carbonyl (C=O) groups excluding carboxylic acids is 2. The van der Waals surface area contributed by atoms with Crippen molar-refractivity contribution in [3.63, 3.8) is 0 Å². The number of rotatable bonds is 66. The van der Waals surface area contributed by atoms with Crippen LogP contribution in [0.15, 0.2) is 0 Å². The number of carbonyl (C=O) groups is 2. The number of esters is 1. The van der Waals surface area contributed by atoms with Gasteiger partial charge in [0, 0.05) is 12.8 Å². The van der Waals surface area contributed by atoms with E-state index in [4.69, 9.17) is 4.74 Å². The van der Waals surface area contributed by atoms with E-state index in [-0.39, 0.29) is 18.5 Å². The Labute approximate surface area is 470 Å². The zero-order valence-electron chi connectivity index (χ0n) is 51.3. The van der Waals surface area contributed by atoms with Crippen LogP contribution in [0.5, 0.6) is 0 Å². The Morgan fingerprint density at radius 3 is 0.813 bits per heavy atom. The monoisotopic (exact) mass is 1060 g/mol. The fourth-order valence-electron chi connectivity index (χ4n) is 11.4. The fraction of sp³-hybridized carbons (Fsp3) is 0.971. The molecule has 1 amide bonds. The molecule has 0 radical (unpaired) electrons. The summed E-state index contributed by atoms with van der Waals surface area (Å²) in [5.41, 5.74) is 0. The Morgan fingerprint density at radius 1 is 0.320 bits per heavy atom. The van der Waals surface area contributed by atoms with Crippen LogP contribution in [0.25, 0.3) is 0 Å². The van der Waals surface area contributed by atoms with Gasteiger partial charge in [-0.05, 0) is 25.7 Å². The topological polar surface area (TPSA) is 95.9 Å². The van der Waals surface area contributed by atoms with Gasteiger partial charge in [0.05, 0.1) is 25.4 Å². The van der Waals surface area contributed by atoms with E-state index in [0.717, 1.165) is 38.5 Å². The highest BCUT2D eigenvalue weighted by atomic mass is 16.5. The molecule has 0 aliphatic rings. The van der Waals surface area contributed by atoms with Gasteiger partial charge in [-0.15, -0.1) is 0 Å². The van der Waals surface area contributed by atoms with Gasteiger partial charge in [0.1, 0.15) is 0 Å². The number of aliphatic hydroxyl groups excluding tert-OH is 2. The summed E-state index contributed by atoms with van der Waals surface area (Å²) in [6, 6.07) is -0.535. The molecular formula is C69H137NO5. The maximum atomic E-state index is 12.5. The van der Waals surface area contributed by atoms with Crippen molar-refractivity contribution >= 4 is 11.9 Å². The molecular weight excluding hydrogens is 923 g/mol. The minimum atomic E-state index is -0.658. The van der Waals surface area contributed by atoms with Crippen LogP contribution in [0.2, 0.25) is 0 Å². The quantitative estimate of drug-likeness (QED) is 0.0417. The molecule has 6 nitrogen and oxygen atoms in total. The van der Waals surface area contributed by atoms with Gasteiger partial charge in [-0.1, -0.05) is 367 Å². The number of ether oxygens (including phenoxy) is 1. The molecule has 2 atom stereocenters. The normalized spacial score (nSPS) is 12.4. The Kier molecular flexibility index (Phi) is 64.4. The summed E-state index contributed by atoms with van der Waals surface area (Å²) in [7, 11) is 0. The first-order valence-corrected chi connectivity index (χ1v) is 34.8. The summed E-state index contributed by atoms with van der Waals surface area (Å²) >= 11 is 0. The maximum Gasteiger partial charge on any atom is 0.305 e. The van der Waals surface area contributed by atoms with Crippen molar-refractivity contribution in [2.24, 2.45) is 0 Å². The lowest BCUT2D eigenvalue weighted by Gasteiger charge is -2.22. The van der Waals surface area contributed by atoms with Gasteiger partial charge in [-0.2, -0.15) is 0 Å². The smallest absolute Gasteiger partial charge is 0.305 e. The second-order valence-electron chi connectivity index (χ2n) is 24.2. The molecule has 2 unspecified atom stereocenters. The first-order chi connectivity index (χ1) is 37.0. The zero-order chi connectivity index (χ0) is 54.3. The molecule has 0 saturated carbocycles. The lowest BCUT2D eigenvalue weighted by atomic mass is 10.0. The first kappa shape index (κ1) is 73.9. The van der Waals surface area contributed by atoms with Gasteiger partial charge in [0.2, 0.25) is 5.91 Å². The van der Waals surface area contributed by atoms with E-state index in [2.05, 4.69) is 19.2 Å². The molecule has 6 heteroatoms. The van der Waals surface area contributed by atoms with E-state index < -0.39 is 12.1 Å². The molecule has 0 rings (SSSR count). The summed E-state index contributed by atoms with van der Waals surface area (Å²) in [5, 5.41) is 23.3. The number of unbranched alkanes of at least 4 members (excludes halogenated alkanes) is 55. The van der Waals surface area contributed by atoms with Crippen LogP contribution in [0.3, 0.4) is 0 Å². The van der Waals surface area contributed by atoms with E-state index in [1.54, 1.807) is 0 Å². The summed E-state index contributed by atoms with van der Waals surface area (Å²) < 4.78 is 5.49. The third-order valence-corrected chi connectivity index (χ3v) is 16.7. The van der Waals surface area contributed by atoms with Gasteiger partial charge in [0.25, 0.3) is 0 Å². The van der Waals surface area contributed by atoms with Crippen molar-refractivity contribution in [3.05, 3.63) is 0 Å². The minimum absolute atomic E-state index is 0.0242. The summed E-state index contributed by atoms with van der Waals surface area (Å²) in [6.07, 6.45) is 78.8. The summed E-state index contributed by atoms with van der Waals surface area (Å²) in [6.45, 7) is 4.99. The van der Waals surface area contributed by atoms with Gasteiger partial charge in [0.15, 0.2) is 0 Å². The van der Waals surface area contributed by atoms with Crippen molar-refractivity contribution in [1.82, 2.24) is 5.32 Å². The highest BCUT2D eigenvalue weighted by molar-refractivity contribution is 5.76. The molecule has 448 valence electrons. The molecule has 0 aromatic rings. The standard InChI is InChI=1S/C69H137NO5/c1-3-5-7-9-11-13-15-38-43-47-51-55-59-63-69(74)75-64-60-56-52-48-44-40-37-35-33-31-29-27-25-23-21-19-17-18-20-22-24-26-28-30-32-34-36-39-42-46-50-54-58-62-68(73)70-66(65-71)67(72)61-57-53-49-45-41-16-14-12-10-8-6-4-2/h66-67,71-72H,3-65H2,1-2H3,(H,70,73). The average Bonchev–Trinajstić information content (AvgIpc) is 3.41. The second-order valence-corrected chi connectivity index (χ2v) is 24.2. The second kappa shape index (κ2) is 65.4. The molecule has 0 saturated heterocycles. The number of hydrogen-bond donors (Lipinski definition) is 3. The van der Waals surface area contributed by atoms with Crippen LogP contribution in [0, 0.1) is 0 Å². The maximum absolute atomic E-state index is 12.5. The van der Waals surface area contributed by atoms with Gasteiger partial charge in [-0.25, -0.2) is 0 Å². The predicted molar refractivity (Wildman–Crippen MR) is 329 cm³/mol. The van der Waals surface area contributed by atoms with E-state index in [0.29, 0.717) is 25.9 Å². The van der Waals surface area contributed by atoms with Crippen molar-refractivity contribution in [3.8, 4) is 0 Å². The molecule has 0 aliphatic heterocycles. The molecule has 0 aromatic carbocycles.